The molecule has 0 radical (unpaired) electrons. The Morgan fingerprint density at radius 2 is 1.96 bits per heavy atom. The second-order valence-electron chi connectivity index (χ2n) is 6.14. The molecule has 0 aliphatic rings. The number of aromatic nitrogens is 4. The third-order valence-electron chi connectivity index (χ3n) is 4.29. The van der Waals surface area contributed by atoms with E-state index in [4.69, 9.17) is 0 Å². The number of hydrogen-bond acceptors (Lipinski definition) is 4. The van der Waals surface area contributed by atoms with Crippen LogP contribution in [0.3, 0.4) is 0 Å². The fourth-order valence-electron chi connectivity index (χ4n) is 2.68. The van der Waals surface area contributed by atoms with Gasteiger partial charge in [0, 0.05) is 37.1 Å². The number of amides is 1. The molecule has 0 saturated heterocycles. The van der Waals surface area contributed by atoms with Crippen molar-refractivity contribution in [3.63, 3.8) is 0 Å². The average Bonchev–Trinajstić information content (AvgIpc) is 3.07. The summed E-state index contributed by atoms with van der Waals surface area (Å²) in [6.45, 7) is 4.49. The van der Waals surface area contributed by atoms with Gasteiger partial charge in [-0.25, -0.2) is 14.1 Å². The van der Waals surface area contributed by atoms with E-state index in [1.54, 1.807) is 31.3 Å². The van der Waals surface area contributed by atoms with Crippen molar-refractivity contribution in [2.24, 2.45) is 0 Å². The Morgan fingerprint density at radius 3 is 2.63 bits per heavy atom. The molecule has 0 aliphatic heterocycles. The average molecular weight is 369 g/mol. The van der Waals surface area contributed by atoms with Gasteiger partial charge in [0.15, 0.2) is 0 Å². The lowest BCUT2D eigenvalue weighted by Crippen LogP contribution is -2.38. The number of benzene rings is 1. The molecule has 1 amide bonds. The Kier molecular flexibility index (Phi) is 5.44. The van der Waals surface area contributed by atoms with Crippen LogP contribution in [0.1, 0.15) is 18.8 Å². The summed E-state index contributed by atoms with van der Waals surface area (Å²) in [5.41, 5.74) is 0.769. The smallest absolute Gasteiger partial charge is 0.267 e. The van der Waals surface area contributed by atoms with E-state index in [2.05, 4.69) is 15.4 Å². The summed E-state index contributed by atoms with van der Waals surface area (Å²) >= 11 is 0. The molecule has 140 valence electrons. The molecular weight excluding hydrogens is 349 g/mol. The van der Waals surface area contributed by atoms with Crippen molar-refractivity contribution >= 4 is 5.91 Å². The van der Waals surface area contributed by atoms with Gasteiger partial charge in [0.25, 0.3) is 5.56 Å². The number of nitrogens with zero attached hydrogens (tertiary/aromatic N) is 4. The molecule has 0 bridgehead atoms. The minimum absolute atomic E-state index is 0.307. The monoisotopic (exact) mass is 369 g/mol. The molecule has 8 heteroatoms. The van der Waals surface area contributed by atoms with Crippen LogP contribution in [0.25, 0.3) is 11.3 Å². The molecule has 0 aliphatic carbocycles. The summed E-state index contributed by atoms with van der Waals surface area (Å²) in [4.78, 5) is 28.7. The Morgan fingerprint density at radius 1 is 1.22 bits per heavy atom. The summed E-state index contributed by atoms with van der Waals surface area (Å²) < 4.78 is 16.1. The van der Waals surface area contributed by atoms with Gasteiger partial charge >= 0.3 is 0 Å². The van der Waals surface area contributed by atoms with Gasteiger partial charge in [-0.05, 0) is 44.2 Å². The van der Waals surface area contributed by atoms with Crippen LogP contribution < -0.4 is 10.9 Å². The van der Waals surface area contributed by atoms with Crippen molar-refractivity contribution in [3.8, 4) is 11.3 Å². The molecule has 1 aromatic carbocycles. The number of imidazole rings is 1. The SMILES string of the molecule is Cc1nccn1CCNC(=O)C(C)n1nc(-c2ccc(F)cc2)ccc1=O. The minimum Gasteiger partial charge on any atom is -0.352 e. The molecule has 2 heterocycles. The van der Waals surface area contributed by atoms with Crippen molar-refractivity contribution in [1.82, 2.24) is 24.6 Å². The lowest BCUT2D eigenvalue weighted by atomic mass is 10.1. The normalized spacial score (nSPS) is 12.0. The highest BCUT2D eigenvalue weighted by Crippen LogP contribution is 2.16. The lowest BCUT2D eigenvalue weighted by Gasteiger charge is -2.15. The Balaban J connectivity index is 1.71. The number of aryl methyl sites for hydroxylation is 1. The third-order valence-corrected chi connectivity index (χ3v) is 4.29. The van der Waals surface area contributed by atoms with E-state index in [0.29, 0.717) is 24.3 Å². The van der Waals surface area contributed by atoms with Gasteiger partial charge in [-0.1, -0.05) is 0 Å². The molecule has 3 rings (SSSR count). The number of carbonyl (C=O) groups is 1. The van der Waals surface area contributed by atoms with Crippen molar-refractivity contribution in [2.75, 3.05) is 6.54 Å². The van der Waals surface area contributed by atoms with E-state index in [9.17, 15) is 14.0 Å². The van der Waals surface area contributed by atoms with Crippen molar-refractivity contribution in [1.29, 1.82) is 0 Å². The first-order chi connectivity index (χ1) is 13.0. The summed E-state index contributed by atoms with van der Waals surface area (Å²) in [7, 11) is 0. The van der Waals surface area contributed by atoms with Crippen LogP contribution in [0, 0.1) is 12.7 Å². The number of halogens is 1. The molecule has 1 atom stereocenters. The molecule has 7 nitrogen and oxygen atoms in total. The summed E-state index contributed by atoms with van der Waals surface area (Å²) in [5.74, 6) is 0.203. The highest BCUT2D eigenvalue weighted by atomic mass is 19.1. The van der Waals surface area contributed by atoms with Gasteiger partial charge in [-0.15, -0.1) is 0 Å². The van der Waals surface area contributed by atoms with Gasteiger partial charge in [0.1, 0.15) is 17.7 Å². The largest absolute Gasteiger partial charge is 0.352 e. The minimum atomic E-state index is -0.776. The summed E-state index contributed by atoms with van der Waals surface area (Å²) in [5, 5.41) is 7.07. The molecule has 1 unspecified atom stereocenters. The molecular formula is C19H20FN5O2. The van der Waals surface area contributed by atoms with Gasteiger partial charge in [0.2, 0.25) is 5.91 Å². The second-order valence-corrected chi connectivity index (χ2v) is 6.14. The molecule has 2 aromatic heterocycles. The number of nitrogens with one attached hydrogen (secondary N) is 1. The maximum absolute atomic E-state index is 13.1. The first kappa shape index (κ1) is 18.5. The van der Waals surface area contributed by atoms with Crippen molar-refractivity contribution < 1.29 is 9.18 Å². The van der Waals surface area contributed by atoms with Crippen LogP contribution >= 0.6 is 0 Å². The third kappa shape index (κ3) is 4.28. The lowest BCUT2D eigenvalue weighted by molar-refractivity contribution is -0.124. The first-order valence-electron chi connectivity index (χ1n) is 8.57. The number of rotatable bonds is 6. The van der Waals surface area contributed by atoms with Crippen molar-refractivity contribution in [2.45, 2.75) is 26.4 Å². The molecule has 27 heavy (non-hydrogen) atoms. The van der Waals surface area contributed by atoms with E-state index in [0.717, 1.165) is 10.5 Å². The van der Waals surface area contributed by atoms with E-state index < -0.39 is 6.04 Å². The van der Waals surface area contributed by atoms with Crippen LogP contribution in [0.4, 0.5) is 4.39 Å². The maximum Gasteiger partial charge on any atom is 0.267 e. The zero-order chi connectivity index (χ0) is 19.4. The number of hydrogen-bond donors (Lipinski definition) is 1. The quantitative estimate of drug-likeness (QED) is 0.720. The summed E-state index contributed by atoms with van der Waals surface area (Å²) in [6.07, 6.45) is 3.54. The van der Waals surface area contributed by atoms with Crippen LogP contribution in [0.5, 0.6) is 0 Å². The first-order valence-corrected chi connectivity index (χ1v) is 8.57. The van der Waals surface area contributed by atoms with E-state index in [-0.39, 0.29) is 17.3 Å². The fourth-order valence-corrected chi connectivity index (χ4v) is 2.68. The van der Waals surface area contributed by atoms with Gasteiger partial charge in [-0.3, -0.25) is 9.59 Å². The summed E-state index contributed by atoms with van der Waals surface area (Å²) in [6, 6.07) is 7.92. The second kappa shape index (κ2) is 7.94. The van der Waals surface area contributed by atoms with Crippen molar-refractivity contribution in [3.05, 3.63) is 70.8 Å². The molecule has 0 saturated carbocycles. The zero-order valence-corrected chi connectivity index (χ0v) is 15.1. The predicted molar refractivity (Wildman–Crippen MR) is 98.6 cm³/mol. The Labute approximate surface area is 155 Å². The molecule has 1 N–H and O–H groups in total. The zero-order valence-electron chi connectivity index (χ0n) is 15.1. The van der Waals surface area contributed by atoms with Gasteiger partial charge in [-0.2, -0.15) is 5.10 Å². The topological polar surface area (TPSA) is 81.8 Å². The predicted octanol–water partition coefficient (Wildman–Crippen LogP) is 1.93. The maximum atomic E-state index is 13.1. The van der Waals surface area contributed by atoms with E-state index in [1.165, 1.54) is 18.2 Å². The Hall–Kier alpha value is -3.29. The molecule has 0 fully saturated rings. The van der Waals surface area contributed by atoms with E-state index in [1.807, 2.05) is 17.7 Å². The van der Waals surface area contributed by atoms with Crippen LogP contribution in [-0.4, -0.2) is 31.8 Å². The Bertz CT molecular complexity index is 994. The highest BCUT2D eigenvalue weighted by Gasteiger charge is 2.17. The molecule has 3 aromatic rings. The van der Waals surface area contributed by atoms with Crippen LogP contribution in [0.2, 0.25) is 0 Å². The highest BCUT2D eigenvalue weighted by molar-refractivity contribution is 5.79. The standard InChI is InChI=1S/C19H20FN5O2/c1-13(19(27)22-10-12-24-11-9-21-14(24)2)25-18(26)8-7-17(23-25)15-3-5-16(20)6-4-15/h3-9,11,13H,10,12H2,1-2H3,(H,22,27). The van der Waals surface area contributed by atoms with E-state index >= 15 is 0 Å². The number of carbonyl (C=O) groups excluding carboxylic acids is 1. The van der Waals surface area contributed by atoms with Crippen LogP contribution in [-0.2, 0) is 11.3 Å². The van der Waals surface area contributed by atoms with Gasteiger partial charge in [0.05, 0.1) is 5.69 Å². The van der Waals surface area contributed by atoms with Crippen LogP contribution in [0.15, 0.2) is 53.6 Å². The van der Waals surface area contributed by atoms with Gasteiger partial charge < -0.3 is 9.88 Å². The fraction of sp³-hybridized carbons (Fsp3) is 0.263. The molecule has 0 spiro atoms.